The van der Waals surface area contributed by atoms with Gasteiger partial charge < -0.3 is 25.3 Å². The Morgan fingerprint density at radius 1 is 0.534 bits per heavy atom. The van der Waals surface area contributed by atoms with Gasteiger partial charge in [0.25, 0.3) is 0 Å². The Kier molecular flexibility index (Phi) is 9.12. The van der Waals surface area contributed by atoms with E-state index in [1.165, 1.54) is 24.3 Å². The number of carbonyl (C=O) groups excluding carboxylic acids is 1. The van der Waals surface area contributed by atoms with Gasteiger partial charge in [-0.25, -0.2) is 0 Å². The van der Waals surface area contributed by atoms with E-state index in [9.17, 15) is 25.2 Å². The highest BCUT2D eigenvalue weighted by atomic mass is 35.5. The molecule has 0 bridgehead atoms. The van der Waals surface area contributed by atoms with Crippen molar-refractivity contribution in [1.29, 1.82) is 0 Å². The molecule has 7 aromatic carbocycles. The van der Waals surface area contributed by atoms with E-state index in [4.69, 9.17) is 23.2 Å². The van der Waals surface area contributed by atoms with Gasteiger partial charge in [0.2, 0.25) is 17.1 Å². The molecule has 0 fully saturated rings. The van der Waals surface area contributed by atoms with Crippen LogP contribution in [0.25, 0.3) is 27.1 Å². The summed E-state index contributed by atoms with van der Waals surface area (Å²) in [5.74, 6) is -1.86. The van der Waals surface area contributed by atoms with Gasteiger partial charge in [-0.3, -0.25) is 4.79 Å². The number of allylic oxidation sites excluding steroid dienone is 5. The fourth-order valence-electron chi connectivity index (χ4n) is 7.99. The van der Waals surface area contributed by atoms with Crippen LogP contribution in [0.1, 0.15) is 12.5 Å². The molecule has 0 spiro atoms. The van der Waals surface area contributed by atoms with Crippen molar-refractivity contribution < 1.29 is 25.2 Å². The molecule has 0 radical (unpaired) electrons. The Labute approximate surface area is 343 Å². The van der Waals surface area contributed by atoms with Crippen LogP contribution < -0.4 is 9.48 Å². The fraction of sp³-hybridized carbons (Fsp3) is 0.0204. The number of halogens is 2. The molecule has 0 saturated heterocycles. The van der Waals surface area contributed by atoms with Gasteiger partial charge in [-0.1, -0.05) is 102 Å². The van der Waals surface area contributed by atoms with Crippen LogP contribution in [0.2, 0.25) is 10.0 Å². The molecule has 282 valence electrons. The zero-order valence-corrected chi connectivity index (χ0v) is 32.4. The molecule has 0 heterocycles. The Morgan fingerprint density at radius 2 is 1.05 bits per heavy atom. The Morgan fingerprint density at radius 3 is 1.66 bits per heavy atom. The molecule has 0 aromatic heterocycles. The first-order valence-corrected chi connectivity index (χ1v) is 19.2. The van der Waals surface area contributed by atoms with Crippen molar-refractivity contribution >= 4 is 90.3 Å². The lowest BCUT2D eigenvalue weighted by molar-refractivity contribution is -0.111. The average Bonchev–Trinajstić information content (AvgIpc) is 3.23. The minimum atomic E-state index is -0.554. The third-order valence-electron chi connectivity index (χ3n) is 10.6. The SMILES string of the molecule is CC1=C(c2c(O)cc(N(c3ccccc3)c3ccc(Cl)c4ccccc34)cc2O)C(=O)C1=C1C(O)=CC(=[N+](c2ccccc2)c2ccc(Cl)c3ccccc23)C=C1O. The van der Waals surface area contributed by atoms with Crippen LogP contribution in [-0.4, -0.2) is 31.9 Å². The first-order chi connectivity index (χ1) is 28.1. The average molecular weight is 801 g/mol. The fourth-order valence-corrected chi connectivity index (χ4v) is 8.44. The minimum Gasteiger partial charge on any atom is -0.507 e. The summed E-state index contributed by atoms with van der Waals surface area (Å²) < 4.78 is 1.90. The molecule has 58 heavy (non-hydrogen) atoms. The molecule has 0 amide bonds. The molecular formula is C49H33Cl2N2O5+. The number of nitrogens with zero attached hydrogens (tertiary/aromatic N) is 2. The molecule has 0 unspecified atom stereocenters. The second kappa shape index (κ2) is 14.5. The van der Waals surface area contributed by atoms with Crippen LogP contribution in [0.15, 0.2) is 186 Å². The number of hydrogen-bond acceptors (Lipinski definition) is 6. The second-order valence-corrected chi connectivity index (χ2v) is 14.8. The Hall–Kier alpha value is -7.06. The van der Waals surface area contributed by atoms with E-state index in [2.05, 4.69) is 0 Å². The highest BCUT2D eigenvalue weighted by molar-refractivity contribution is 6.41. The summed E-state index contributed by atoms with van der Waals surface area (Å²) in [5, 5.41) is 50.9. The van der Waals surface area contributed by atoms with Gasteiger partial charge in [-0.15, -0.1) is 0 Å². The van der Waals surface area contributed by atoms with E-state index in [0.29, 0.717) is 27.0 Å². The molecule has 0 saturated carbocycles. The number of carbonyl (C=O) groups is 1. The lowest BCUT2D eigenvalue weighted by Gasteiger charge is -2.30. The highest BCUT2D eigenvalue weighted by Crippen LogP contribution is 2.50. The maximum Gasteiger partial charge on any atom is 0.219 e. The number of phenolic OH excluding ortho intramolecular Hbond substituents is 2. The van der Waals surface area contributed by atoms with Crippen LogP contribution in [-0.2, 0) is 4.79 Å². The van der Waals surface area contributed by atoms with Crippen LogP contribution in [0.3, 0.4) is 0 Å². The predicted molar refractivity (Wildman–Crippen MR) is 235 cm³/mol. The lowest BCUT2D eigenvalue weighted by atomic mass is 9.74. The summed E-state index contributed by atoms with van der Waals surface area (Å²) >= 11 is 13.2. The lowest BCUT2D eigenvalue weighted by Crippen LogP contribution is -2.25. The Balaban J connectivity index is 1.15. The zero-order valence-electron chi connectivity index (χ0n) is 30.9. The number of benzene rings is 7. The summed E-state index contributed by atoms with van der Waals surface area (Å²) in [6.45, 7) is 1.65. The molecule has 9 heteroatoms. The number of aliphatic hydroxyl groups excluding tert-OH is 2. The van der Waals surface area contributed by atoms with E-state index in [-0.39, 0.29) is 45.3 Å². The zero-order chi connectivity index (χ0) is 40.2. The van der Waals surface area contributed by atoms with Gasteiger partial charge >= 0.3 is 0 Å². The van der Waals surface area contributed by atoms with E-state index >= 15 is 0 Å². The predicted octanol–water partition coefficient (Wildman–Crippen LogP) is 12.7. The minimum absolute atomic E-state index is 0.0514. The largest absolute Gasteiger partial charge is 0.507 e. The van der Waals surface area contributed by atoms with Gasteiger partial charge in [-0.05, 0) is 48.9 Å². The van der Waals surface area contributed by atoms with Crippen molar-refractivity contribution in [2.75, 3.05) is 4.90 Å². The molecule has 2 aliphatic carbocycles. The number of aromatic hydroxyl groups is 2. The highest BCUT2D eigenvalue weighted by Gasteiger charge is 2.40. The number of hydrogen-bond donors (Lipinski definition) is 4. The summed E-state index contributed by atoms with van der Waals surface area (Å²) in [4.78, 5) is 16.0. The van der Waals surface area contributed by atoms with E-state index in [1.807, 2.05) is 131 Å². The Bertz CT molecular complexity index is 2990. The van der Waals surface area contributed by atoms with Crippen molar-refractivity contribution in [3.05, 3.63) is 202 Å². The molecule has 7 nitrogen and oxygen atoms in total. The van der Waals surface area contributed by atoms with Crippen LogP contribution >= 0.6 is 23.2 Å². The van der Waals surface area contributed by atoms with Gasteiger partial charge in [0.1, 0.15) is 23.0 Å². The van der Waals surface area contributed by atoms with Crippen molar-refractivity contribution in [3.8, 4) is 11.5 Å². The monoisotopic (exact) mass is 799 g/mol. The maximum atomic E-state index is 14.1. The molecule has 0 atom stereocenters. The standard InChI is InChI=1S/C49H32Cl2N2O5/c1-28-45(47-41(54)24-31(25-42(47)55)52(29-12-4-2-5-13-29)39-22-20-37(50)33-16-8-10-18-35(33)39)49(58)46(28)48-43(56)26-32(27-44(48)57)53(30-14-6-3-7-15-30)40-23-21-38(51)34-17-9-11-19-36(34)40/h2-27H,1H3,(H3,54,55,56,57)/p+1. The van der Waals surface area contributed by atoms with Crippen LogP contribution in [0.5, 0.6) is 11.5 Å². The number of anilines is 3. The number of Topliss-reactive ketones (excluding diaryl/α,β-unsaturated/α-hetero) is 1. The number of ketones is 1. The van der Waals surface area contributed by atoms with Crippen LogP contribution in [0.4, 0.5) is 28.4 Å². The molecule has 0 aliphatic heterocycles. The summed E-state index contributed by atoms with van der Waals surface area (Å²) in [5.41, 5.74) is 4.34. The van der Waals surface area contributed by atoms with Crippen LogP contribution in [0, 0.1) is 0 Å². The maximum absolute atomic E-state index is 14.1. The number of para-hydroxylation sites is 2. The van der Waals surface area contributed by atoms with Crippen molar-refractivity contribution in [2.24, 2.45) is 0 Å². The van der Waals surface area contributed by atoms with Crippen molar-refractivity contribution in [2.45, 2.75) is 6.92 Å². The molecule has 4 N–H and O–H groups in total. The summed E-state index contributed by atoms with van der Waals surface area (Å²) in [7, 11) is 0. The smallest absolute Gasteiger partial charge is 0.219 e. The second-order valence-electron chi connectivity index (χ2n) is 14.0. The number of rotatable bonds is 6. The normalized spacial score (nSPS) is 14.1. The number of aliphatic hydroxyl groups is 2. The van der Waals surface area contributed by atoms with Crippen molar-refractivity contribution in [1.82, 2.24) is 4.58 Å². The molecule has 9 rings (SSSR count). The quantitative estimate of drug-likeness (QED) is 0.0986. The van der Waals surface area contributed by atoms with Gasteiger partial charge in [0, 0.05) is 73.4 Å². The number of fused-ring (bicyclic) bond motifs is 2. The first kappa shape index (κ1) is 36.6. The summed E-state index contributed by atoms with van der Waals surface area (Å²) in [6.07, 6.45) is 3.00. The number of phenols is 2. The molecule has 7 aromatic rings. The van der Waals surface area contributed by atoms with E-state index < -0.39 is 5.78 Å². The molecule has 2 aliphatic rings. The third kappa shape index (κ3) is 6.00. The van der Waals surface area contributed by atoms with Gasteiger partial charge in [0.05, 0.1) is 40.0 Å². The van der Waals surface area contributed by atoms with Gasteiger partial charge in [0.15, 0.2) is 5.78 Å². The van der Waals surface area contributed by atoms with Gasteiger partial charge in [-0.2, -0.15) is 4.58 Å². The molecular weight excluding hydrogens is 767 g/mol. The van der Waals surface area contributed by atoms with Crippen molar-refractivity contribution in [3.63, 3.8) is 0 Å². The first-order valence-electron chi connectivity index (χ1n) is 18.4. The third-order valence-corrected chi connectivity index (χ3v) is 11.2. The topological polar surface area (TPSA) is 104 Å². The summed E-state index contributed by atoms with van der Waals surface area (Å²) in [6, 6.07) is 44.8. The van der Waals surface area contributed by atoms with E-state index in [1.54, 1.807) is 19.1 Å². The van der Waals surface area contributed by atoms with E-state index in [0.717, 1.165) is 44.3 Å².